The topological polar surface area (TPSA) is 42.0 Å². The van der Waals surface area contributed by atoms with Gasteiger partial charge in [-0.05, 0) is 35.7 Å². The number of nitrogens with zero attached hydrogens (tertiary/aromatic N) is 1. The third kappa shape index (κ3) is 4.21. The summed E-state index contributed by atoms with van der Waals surface area (Å²) >= 11 is 5.86. The number of aromatic nitrogens is 1. The minimum atomic E-state index is -0.163. The van der Waals surface area contributed by atoms with Crippen LogP contribution in [0, 0.1) is 0 Å². The van der Waals surface area contributed by atoms with Crippen LogP contribution in [0.3, 0.4) is 0 Å². The molecule has 1 heterocycles. The number of nitrogens with one attached hydrogen (secondary N) is 1. The highest BCUT2D eigenvalue weighted by Crippen LogP contribution is 2.17. The van der Waals surface area contributed by atoms with Gasteiger partial charge in [0.15, 0.2) is 0 Å². The van der Waals surface area contributed by atoms with Crippen molar-refractivity contribution in [2.24, 2.45) is 0 Å². The molecule has 1 aromatic heterocycles. The molecule has 0 spiro atoms. The van der Waals surface area contributed by atoms with Gasteiger partial charge in [0.1, 0.15) is 5.69 Å². The molecule has 120 valence electrons. The van der Waals surface area contributed by atoms with Crippen molar-refractivity contribution >= 4 is 17.5 Å². The Bertz CT molecular complexity index is 799. The first kappa shape index (κ1) is 16.2. The molecular formula is C20H17ClN2O. The molecule has 0 aliphatic heterocycles. The Morgan fingerprint density at radius 1 is 0.917 bits per heavy atom. The SMILES string of the molecule is O=C(NCCc1ccc(Cl)cc1)c1ccc(-c2ccccc2)cn1. The lowest BCUT2D eigenvalue weighted by Crippen LogP contribution is -2.26. The van der Waals surface area contributed by atoms with Crippen molar-refractivity contribution in [2.75, 3.05) is 6.54 Å². The van der Waals surface area contributed by atoms with Crippen LogP contribution in [0.4, 0.5) is 0 Å². The molecule has 0 aliphatic rings. The third-order valence-corrected chi connectivity index (χ3v) is 3.97. The van der Waals surface area contributed by atoms with E-state index in [0.717, 1.165) is 23.1 Å². The van der Waals surface area contributed by atoms with E-state index in [9.17, 15) is 4.79 Å². The number of hydrogen-bond acceptors (Lipinski definition) is 2. The van der Waals surface area contributed by atoms with Gasteiger partial charge in [-0.25, -0.2) is 0 Å². The quantitative estimate of drug-likeness (QED) is 0.751. The average Bonchev–Trinajstić information content (AvgIpc) is 2.64. The van der Waals surface area contributed by atoms with Gasteiger partial charge in [-0.1, -0.05) is 60.1 Å². The Balaban J connectivity index is 1.56. The molecule has 1 N–H and O–H groups in total. The summed E-state index contributed by atoms with van der Waals surface area (Å²) in [6.45, 7) is 0.558. The third-order valence-electron chi connectivity index (χ3n) is 3.72. The van der Waals surface area contributed by atoms with Crippen LogP contribution in [0.15, 0.2) is 72.9 Å². The Hall–Kier alpha value is -2.65. The number of rotatable bonds is 5. The molecule has 4 heteroatoms. The summed E-state index contributed by atoms with van der Waals surface area (Å²) in [6.07, 6.45) is 2.48. The van der Waals surface area contributed by atoms with Gasteiger partial charge in [0, 0.05) is 23.3 Å². The normalized spacial score (nSPS) is 10.4. The molecule has 0 radical (unpaired) electrons. The summed E-state index contributed by atoms with van der Waals surface area (Å²) in [5, 5.41) is 3.60. The zero-order valence-electron chi connectivity index (χ0n) is 13.1. The van der Waals surface area contributed by atoms with Crippen molar-refractivity contribution in [3.63, 3.8) is 0 Å². The van der Waals surface area contributed by atoms with Crippen molar-refractivity contribution in [1.82, 2.24) is 10.3 Å². The molecule has 0 atom stereocenters. The van der Waals surface area contributed by atoms with Gasteiger partial charge in [0.2, 0.25) is 0 Å². The summed E-state index contributed by atoms with van der Waals surface area (Å²) < 4.78 is 0. The highest BCUT2D eigenvalue weighted by molar-refractivity contribution is 6.30. The summed E-state index contributed by atoms with van der Waals surface area (Å²) in [5.74, 6) is -0.163. The van der Waals surface area contributed by atoms with Crippen LogP contribution in [-0.4, -0.2) is 17.4 Å². The number of pyridine rings is 1. The van der Waals surface area contributed by atoms with Crippen LogP contribution in [0.2, 0.25) is 5.02 Å². The predicted molar refractivity (Wildman–Crippen MR) is 97.2 cm³/mol. The van der Waals surface area contributed by atoms with Crippen LogP contribution in [0.25, 0.3) is 11.1 Å². The van der Waals surface area contributed by atoms with Crippen molar-refractivity contribution in [1.29, 1.82) is 0 Å². The van der Waals surface area contributed by atoms with Gasteiger partial charge in [-0.3, -0.25) is 9.78 Å². The molecule has 3 aromatic rings. The number of carbonyl (C=O) groups excluding carboxylic acids is 1. The van der Waals surface area contributed by atoms with Crippen LogP contribution in [-0.2, 0) is 6.42 Å². The maximum Gasteiger partial charge on any atom is 0.269 e. The van der Waals surface area contributed by atoms with Gasteiger partial charge >= 0.3 is 0 Å². The van der Waals surface area contributed by atoms with Crippen LogP contribution < -0.4 is 5.32 Å². The van der Waals surface area contributed by atoms with Crippen LogP contribution in [0.1, 0.15) is 16.1 Å². The van der Waals surface area contributed by atoms with E-state index in [1.54, 1.807) is 12.3 Å². The number of benzene rings is 2. The van der Waals surface area contributed by atoms with E-state index in [2.05, 4.69) is 10.3 Å². The Labute approximate surface area is 146 Å². The number of amides is 1. The standard InChI is InChI=1S/C20H17ClN2O/c21-18-9-6-15(7-10-18)12-13-22-20(24)19-11-8-17(14-23-19)16-4-2-1-3-5-16/h1-11,14H,12-13H2,(H,22,24). The first-order valence-electron chi connectivity index (χ1n) is 7.76. The highest BCUT2D eigenvalue weighted by Gasteiger charge is 2.07. The minimum absolute atomic E-state index is 0.163. The lowest BCUT2D eigenvalue weighted by Gasteiger charge is -2.06. The monoisotopic (exact) mass is 336 g/mol. The molecule has 2 aromatic carbocycles. The van der Waals surface area contributed by atoms with E-state index in [4.69, 9.17) is 11.6 Å². The zero-order valence-corrected chi connectivity index (χ0v) is 13.8. The summed E-state index contributed by atoms with van der Waals surface area (Å²) in [6, 6.07) is 21.2. The fraction of sp³-hybridized carbons (Fsp3) is 0.100. The second-order valence-corrected chi connectivity index (χ2v) is 5.87. The highest BCUT2D eigenvalue weighted by atomic mass is 35.5. The van der Waals surface area contributed by atoms with E-state index in [1.165, 1.54) is 0 Å². The number of hydrogen-bond donors (Lipinski definition) is 1. The van der Waals surface area contributed by atoms with E-state index in [-0.39, 0.29) is 5.91 Å². The molecule has 0 saturated heterocycles. The molecule has 3 rings (SSSR count). The lowest BCUT2D eigenvalue weighted by molar-refractivity contribution is 0.0949. The molecule has 0 aliphatic carbocycles. The fourth-order valence-electron chi connectivity index (χ4n) is 2.39. The van der Waals surface area contributed by atoms with E-state index < -0.39 is 0 Å². The number of halogens is 1. The summed E-state index contributed by atoms with van der Waals surface area (Å²) in [4.78, 5) is 16.4. The van der Waals surface area contributed by atoms with Gasteiger partial charge in [-0.15, -0.1) is 0 Å². The molecule has 0 unspecified atom stereocenters. The van der Waals surface area contributed by atoms with Crippen molar-refractivity contribution in [2.45, 2.75) is 6.42 Å². The maximum atomic E-state index is 12.1. The van der Waals surface area contributed by atoms with Crippen molar-refractivity contribution in [3.05, 3.63) is 89.2 Å². The molecule has 0 saturated carbocycles. The molecule has 0 bridgehead atoms. The Kier molecular flexibility index (Phi) is 5.24. The minimum Gasteiger partial charge on any atom is -0.350 e. The van der Waals surface area contributed by atoms with Crippen LogP contribution in [0.5, 0.6) is 0 Å². The first-order chi connectivity index (χ1) is 11.7. The molecule has 24 heavy (non-hydrogen) atoms. The lowest BCUT2D eigenvalue weighted by atomic mass is 10.1. The van der Waals surface area contributed by atoms with Gasteiger partial charge in [0.05, 0.1) is 0 Å². The zero-order chi connectivity index (χ0) is 16.8. The molecule has 1 amide bonds. The molecular weight excluding hydrogens is 320 g/mol. The van der Waals surface area contributed by atoms with Crippen molar-refractivity contribution < 1.29 is 4.79 Å². The molecule has 0 fully saturated rings. The van der Waals surface area contributed by atoms with Gasteiger partial charge in [-0.2, -0.15) is 0 Å². The van der Waals surface area contributed by atoms with Crippen LogP contribution >= 0.6 is 11.6 Å². The van der Waals surface area contributed by atoms with E-state index >= 15 is 0 Å². The summed E-state index contributed by atoms with van der Waals surface area (Å²) in [7, 11) is 0. The molecule has 3 nitrogen and oxygen atoms in total. The Morgan fingerprint density at radius 3 is 2.33 bits per heavy atom. The van der Waals surface area contributed by atoms with Gasteiger partial charge < -0.3 is 5.32 Å². The smallest absolute Gasteiger partial charge is 0.269 e. The van der Waals surface area contributed by atoms with E-state index in [1.807, 2.05) is 60.7 Å². The van der Waals surface area contributed by atoms with Crippen molar-refractivity contribution in [3.8, 4) is 11.1 Å². The maximum absolute atomic E-state index is 12.1. The van der Waals surface area contributed by atoms with E-state index in [0.29, 0.717) is 17.3 Å². The van der Waals surface area contributed by atoms with Gasteiger partial charge in [0.25, 0.3) is 5.91 Å². The second-order valence-electron chi connectivity index (χ2n) is 5.43. The largest absolute Gasteiger partial charge is 0.350 e. The second kappa shape index (κ2) is 7.75. The summed E-state index contributed by atoms with van der Waals surface area (Å²) in [5.41, 5.74) is 3.63. The number of carbonyl (C=O) groups is 1. The Morgan fingerprint density at radius 2 is 1.67 bits per heavy atom. The fourth-order valence-corrected chi connectivity index (χ4v) is 2.52. The first-order valence-corrected chi connectivity index (χ1v) is 8.14. The average molecular weight is 337 g/mol. The predicted octanol–water partition coefficient (Wildman–Crippen LogP) is 4.37.